The summed E-state index contributed by atoms with van der Waals surface area (Å²) in [6, 6.07) is 1.59. The number of pyridine rings is 1. The number of thioether (sulfide) groups is 1. The van der Waals surface area contributed by atoms with E-state index in [1.165, 1.54) is 0 Å². The molecule has 0 saturated carbocycles. The molecule has 27 heavy (non-hydrogen) atoms. The summed E-state index contributed by atoms with van der Waals surface area (Å²) in [6.45, 7) is 1.21. The summed E-state index contributed by atoms with van der Waals surface area (Å²) in [7, 11) is 0. The number of aliphatic carboxylic acids is 1. The van der Waals surface area contributed by atoms with Crippen LogP contribution in [-0.4, -0.2) is 29.2 Å². The van der Waals surface area contributed by atoms with Gasteiger partial charge in [-0.05, 0) is 30.7 Å². The fraction of sp³-hybridized carbons (Fsp3) is 0.529. The average molecular weight is 400 g/mol. The number of carboxylic acids is 1. The first-order valence-corrected chi connectivity index (χ1v) is 9.28. The van der Waals surface area contributed by atoms with Gasteiger partial charge in [-0.2, -0.15) is 18.4 Å². The molecule has 0 saturated heterocycles. The van der Waals surface area contributed by atoms with Gasteiger partial charge in [0.2, 0.25) is 5.91 Å². The molecule has 0 aromatic carbocycles. The zero-order valence-electron chi connectivity index (χ0n) is 14.5. The summed E-state index contributed by atoms with van der Waals surface area (Å²) in [5.74, 6) is -2.43. The lowest BCUT2D eigenvalue weighted by Crippen LogP contribution is -2.38. The van der Waals surface area contributed by atoms with E-state index >= 15 is 0 Å². The van der Waals surface area contributed by atoms with E-state index in [1.54, 1.807) is 6.07 Å². The Morgan fingerprint density at radius 1 is 1.44 bits per heavy atom. The molecule has 0 unspecified atom stereocenters. The summed E-state index contributed by atoms with van der Waals surface area (Å²) in [5.41, 5.74) is -1.17. The van der Waals surface area contributed by atoms with Gasteiger partial charge in [-0.1, -0.05) is 25.1 Å². The third-order valence-electron chi connectivity index (χ3n) is 4.38. The van der Waals surface area contributed by atoms with Crippen LogP contribution in [0.3, 0.4) is 0 Å². The summed E-state index contributed by atoms with van der Waals surface area (Å²) in [4.78, 5) is 26.2. The van der Waals surface area contributed by atoms with Crippen molar-refractivity contribution in [2.45, 2.75) is 43.8 Å². The Morgan fingerprint density at radius 3 is 2.70 bits per heavy atom. The molecule has 1 aliphatic carbocycles. The Hall–Kier alpha value is -2.28. The second-order valence-electron chi connectivity index (χ2n) is 6.16. The minimum absolute atomic E-state index is 0.0721. The van der Waals surface area contributed by atoms with Gasteiger partial charge in [0.1, 0.15) is 11.1 Å². The third-order valence-corrected chi connectivity index (χ3v) is 5.35. The summed E-state index contributed by atoms with van der Waals surface area (Å²) < 4.78 is 41.1. The van der Waals surface area contributed by atoms with Gasteiger partial charge in [-0.3, -0.25) is 4.79 Å². The van der Waals surface area contributed by atoms with E-state index in [9.17, 15) is 33.1 Å². The molecule has 146 valence electrons. The van der Waals surface area contributed by atoms with Crippen LogP contribution in [0.5, 0.6) is 0 Å². The van der Waals surface area contributed by atoms with Gasteiger partial charge >= 0.3 is 6.18 Å². The normalized spacial score (nSPS) is 16.3. The van der Waals surface area contributed by atoms with Crippen LogP contribution < -0.4 is 10.4 Å². The van der Waals surface area contributed by atoms with E-state index in [-0.39, 0.29) is 28.7 Å². The number of hydrogen-bond donors (Lipinski definition) is 1. The average Bonchev–Trinajstić information content (AvgIpc) is 2.61. The van der Waals surface area contributed by atoms with Gasteiger partial charge in [0.25, 0.3) is 0 Å². The van der Waals surface area contributed by atoms with Crippen LogP contribution >= 0.6 is 11.8 Å². The molecule has 0 spiro atoms. The summed E-state index contributed by atoms with van der Waals surface area (Å²) in [5, 5.41) is 21.6. The minimum atomic E-state index is -4.71. The zero-order chi connectivity index (χ0) is 20.2. The number of carbonyl (C=O) groups excluding carboxylic acids is 2. The van der Waals surface area contributed by atoms with Crippen LogP contribution in [0.1, 0.15) is 42.1 Å². The Bertz CT molecular complexity index is 790. The van der Waals surface area contributed by atoms with Crippen molar-refractivity contribution in [2.75, 3.05) is 12.3 Å². The lowest BCUT2D eigenvalue weighted by atomic mass is 9.82. The molecule has 0 aliphatic heterocycles. The lowest BCUT2D eigenvalue weighted by molar-refractivity contribution is -0.304. The molecule has 6 nitrogen and oxygen atoms in total. The maximum Gasteiger partial charge on any atom is 0.418 e. The quantitative estimate of drug-likeness (QED) is 0.725. The summed E-state index contributed by atoms with van der Waals surface area (Å²) >= 11 is 0.682. The number of rotatable bonds is 6. The topological polar surface area (TPSA) is 106 Å². The number of carboxylic acid groups (broad SMARTS) is 1. The number of hydrogen-bond acceptors (Lipinski definition) is 6. The van der Waals surface area contributed by atoms with Crippen LogP contribution in [0.4, 0.5) is 13.2 Å². The molecule has 1 aromatic rings. The SMILES string of the molecule is CC[C@H]1CCc2nc(SCC(=O)NCC(=O)[O-])c(C#N)c(C(F)(F)F)c2C1. The molecule has 0 radical (unpaired) electrons. The highest BCUT2D eigenvalue weighted by Gasteiger charge is 2.40. The second-order valence-corrected chi connectivity index (χ2v) is 7.12. The van der Waals surface area contributed by atoms with E-state index in [0.29, 0.717) is 23.9 Å². The number of halogens is 3. The number of fused-ring (bicyclic) bond motifs is 1. The van der Waals surface area contributed by atoms with Gasteiger partial charge in [0.15, 0.2) is 0 Å². The molecular formula is C17H17F3N3O3S-. The number of alkyl halides is 3. The minimum Gasteiger partial charge on any atom is -0.548 e. The number of nitrogens with one attached hydrogen (secondary N) is 1. The predicted octanol–water partition coefficient (Wildman–Crippen LogP) is 1.45. The van der Waals surface area contributed by atoms with Crippen LogP contribution in [0.2, 0.25) is 0 Å². The maximum absolute atomic E-state index is 13.7. The number of aryl methyl sites for hydroxylation is 1. The van der Waals surface area contributed by atoms with Crippen LogP contribution in [0.15, 0.2) is 5.03 Å². The molecule has 1 amide bonds. The largest absolute Gasteiger partial charge is 0.548 e. The lowest BCUT2D eigenvalue weighted by Gasteiger charge is -2.27. The molecule has 1 N–H and O–H groups in total. The Labute approximate surface area is 158 Å². The molecule has 10 heteroatoms. The molecule has 0 fully saturated rings. The number of nitrogens with zero attached hydrogens (tertiary/aromatic N) is 2. The molecule has 1 heterocycles. The monoisotopic (exact) mass is 400 g/mol. The van der Waals surface area contributed by atoms with Crippen LogP contribution in [0.25, 0.3) is 0 Å². The van der Waals surface area contributed by atoms with Gasteiger partial charge in [0.05, 0.1) is 29.4 Å². The van der Waals surface area contributed by atoms with Gasteiger partial charge in [-0.25, -0.2) is 4.98 Å². The van der Waals surface area contributed by atoms with Crippen molar-refractivity contribution in [2.24, 2.45) is 5.92 Å². The standard InChI is InChI=1S/C17H18F3N3O3S/c1-2-9-3-4-12-10(5-9)15(17(18,19)20)11(6-21)16(23-12)27-8-13(24)22-7-14(25)26/h9H,2-5,7-8H2,1H3,(H,22,24)(H,25,26)/p-1/t9-/m0/s1. The van der Waals surface area contributed by atoms with E-state index < -0.39 is 35.7 Å². The van der Waals surface area contributed by atoms with Gasteiger partial charge in [-0.15, -0.1) is 0 Å². The molecule has 0 bridgehead atoms. The van der Waals surface area contributed by atoms with Crippen molar-refractivity contribution >= 4 is 23.6 Å². The summed E-state index contributed by atoms with van der Waals surface area (Å²) in [6.07, 6.45) is -2.64. The number of nitriles is 1. The fourth-order valence-electron chi connectivity index (χ4n) is 3.03. The zero-order valence-corrected chi connectivity index (χ0v) is 15.3. The molecule has 1 aromatic heterocycles. The Balaban J connectivity index is 2.38. The Morgan fingerprint density at radius 2 is 2.15 bits per heavy atom. The fourth-order valence-corrected chi connectivity index (χ4v) is 3.87. The first-order chi connectivity index (χ1) is 12.7. The van der Waals surface area contributed by atoms with Crippen molar-refractivity contribution in [3.05, 3.63) is 22.4 Å². The highest BCUT2D eigenvalue weighted by atomic mass is 32.2. The van der Waals surface area contributed by atoms with Crippen LogP contribution in [-0.2, 0) is 28.6 Å². The molecule has 2 rings (SSSR count). The van der Waals surface area contributed by atoms with Crippen molar-refractivity contribution in [1.82, 2.24) is 10.3 Å². The van der Waals surface area contributed by atoms with E-state index in [1.807, 2.05) is 6.92 Å². The number of carbonyl (C=O) groups is 2. The van der Waals surface area contributed by atoms with Gasteiger partial charge in [0, 0.05) is 5.69 Å². The highest BCUT2D eigenvalue weighted by Crippen LogP contribution is 2.42. The van der Waals surface area contributed by atoms with Crippen molar-refractivity contribution in [3.8, 4) is 6.07 Å². The molecule has 1 aliphatic rings. The molecule has 1 atom stereocenters. The van der Waals surface area contributed by atoms with Crippen LogP contribution in [0, 0.1) is 17.2 Å². The predicted molar refractivity (Wildman–Crippen MR) is 88.5 cm³/mol. The number of amides is 1. The first-order valence-electron chi connectivity index (χ1n) is 8.29. The van der Waals surface area contributed by atoms with E-state index in [4.69, 9.17) is 0 Å². The second kappa shape index (κ2) is 8.61. The highest BCUT2D eigenvalue weighted by molar-refractivity contribution is 8.00. The Kier molecular flexibility index (Phi) is 6.70. The van der Waals surface area contributed by atoms with E-state index in [2.05, 4.69) is 10.3 Å². The molecular weight excluding hydrogens is 383 g/mol. The first kappa shape index (κ1) is 21.0. The maximum atomic E-state index is 13.7. The smallest absolute Gasteiger partial charge is 0.418 e. The van der Waals surface area contributed by atoms with Gasteiger partial charge < -0.3 is 15.2 Å². The van der Waals surface area contributed by atoms with E-state index in [0.717, 1.165) is 12.8 Å². The third kappa shape index (κ3) is 5.13. The van der Waals surface area contributed by atoms with Crippen molar-refractivity contribution in [3.63, 3.8) is 0 Å². The van der Waals surface area contributed by atoms with Crippen molar-refractivity contribution in [1.29, 1.82) is 5.26 Å². The number of aromatic nitrogens is 1. The van der Waals surface area contributed by atoms with Crippen molar-refractivity contribution < 1.29 is 27.9 Å².